The minimum Gasteiger partial charge on any atom is -0.463 e. The zero-order valence-corrected chi connectivity index (χ0v) is 17.2. The van der Waals surface area contributed by atoms with Crippen LogP contribution in [0, 0.1) is 5.41 Å². The van der Waals surface area contributed by atoms with Crippen molar-refractivity contribution in [3.8, 4) is 0 Å². The maximum Gasteiger partial charge on any atom is 0.288 e. The molecule has 0 saturated carbocycles. The first-order valence-corrected chi connectivity index (χ1v) is 9.87. The van der Waals surface area contributed by atoms with E-state index in [1.54, 1.807) is 7.05 Å². The van der Waals surface area contributed by atoms with Crippen LogP contribution in [0.5, 0.6) is 0 Å². The first-order chi connectivity index (χ1) is 12.9. The van der Waals surface area contributed by atoms with E-state index in [4.69, 9.17) is 4.74 Å². The van der Waals surface area contributed by atoms with Gasteiger partial charge in [-0.25, -0.2) is 13.8 Å². The van der Waals surface area contributed by atoms with Gasteiger partial charge in [0.2, 0.25) is 0 Å². The topological polar surface area (TPSA) is 36.9 Å². The lowest BCUT2D eigenvalue weighted by Crippen LogP contribution is -2.45. The van der Waals surface area contributed by atoms with Crippen molar-refractivity contribution < 1.29 is 13.5 Å². The summed E-state index contributed by atoms with van der Waals surface area (Å²) in [7, 11) is 1.62. The number of halogens is 2. The Labute approximate surface area is 162 Å². The van der Waals surface area contributed by atoms with E-state index in [9.17, 15) is 8.78 Å². The van der Waals surface area contributed by atoms with Crippen LogP contribution in [0.2, 0.25) is 0 Å². The first kappa shape index (κ1) is 21.6. The molecule has 152 valence electrons. The van der Waals surface area contributed by atoms with Gasteiger partial charge in [0.25, 0.3) is 6.02 Å². The van der Waals surface area contributed by atoms with Crippen molar-refractivity contribution in [3.05, 3.63) is 35.6 Å². The number of nitrogens with zero attached hydrogens (tertiary/aromatic N) is 2. The lowest BCUT2D eigenvalue weighted by atomic mass is 9.82. The van der Waals surface area contributed by atoms with Crippen LogP contribution in [0.3, 0.4) is 0 Å². The number of hydrogen-bond acceptors (Lipinski definition) is 3. The third-order valence-electron chi connectivity index (χ3n) is 5.57. The molecule has 27 heavy (non-hydrogen) atoms. The van der Waals surface area contributed by atoms with Gasteiger partial charge in [-0.2, -0.15) is 0 Å². The summed E-state index contributed by atoms with van der Waals surface area (Å²) in [5.74, 6) is -0.287. The molecule has 2 heterocycles. The molecule has 0 spiro atoms. The monoisotopic (exact) mass is 381 g/mol. The Balaban J connectivity index is 0.00000126. The lowest BCUT2D eigenvalue weighted by molar-refractivity contribution is 0.103. The third kappa shape index (κ3) is 4.60. The Kier molecular flexibility index (Phi) is 7.20. The number of aliphatic imine (C=N–C) groups is 1. The molecule has 2 aliphatic heterocycles. The Morgan fingerprint density at radius 1 is 1.41 bits per heavy atom. The van der Waals surface area contributed by atoms with Gasteiger partial charge in [-0.05, 0) is 43.9 Å². The number of ether oxygens (including phenoxy) is 1. The highest BCUT2D eigenvalue weighted by molar-refractivity contribution is 5.76. The molecule has 2 fully saturated rings. The van der Waals surface area contributed by atoms with Crippen LogP contribution < -0.4 is 5.32 Å². The van der Waals surface area contributed by atoms with Gasteiger partial charge < -0.3 is 10.1 Å². The molecule has 0 aromatic carbocycles. The maximum absolute atomic E-state index is 14.3. The minimum atomic E-state index is -0.340. The Hall–Kier alpha value is -1.69. The minimum absolute atomic E-state index is 0.162. The fraction of sp³-hybridized carbons (Fsp3) is 0.667. The second-order valence-electron chi connectivity index (χ2n) is 7.85. The predicted molar refractivity (Wildman–Crippen MR) is 107 cm³/mol. The van der Waals surface area contributed by atoms with Crippen LogP contribution in [-0.2, 0) is 4.74 Å². The van der Waals surface area contributed by atoms with Gasteiger partial charge in [0.15, 0.2) is 0 Å². The fourth-order valence-corrected chi connectivity index (χ4v) is 4.11. The van der Waals surface area contributed by atoms with Crippen molar-refractivity contribution in [2.24, 2.45) is 10.4 Å². The largest absolute Gasteiger partial charge is 0.463 e. The highest BCUT2D eigenvalue weighted by atomic mass is 19.1. The molecule has 1 unspecified atom stereocenters. The smallest absolute Gasteiger partial charge is 0.288 e. The van der Waals surface area contributed by atoms with Crippen molar-refractivity contribution in [2.45, 2.75) is 58.9 Å². The molecule has 0 bridgehead atoms. The van der Waals surface area contributed by atoms with Gasteiger partial charge in [-0.15, -0.1) is 0 Å². The van der Waals surface area contributed by atoms with E-state index in [0.717, 1.165) is 37.7 Å². The van der Waals surface area contributed by atoms with Crippen molar-refractivity contribution in [3.63, 3.8) is 0 Å². The van der Waals surface area contributed by atoms with E-state index in [2.05, 4.69) is 15.2 Å². The molecule has 2 saturated heterocycles. The number of hydrogen-bond donors (Lipinski definition) is 1. The average molecular weight is 382 g/mol. The van der Waals surface area contributed by atoms with Crippen molar-refractivity contribution >= 4 is 6.02 Å². The van der Waals surface area contributed by atoms with Gasteiger partial charge in [0.1, 0.15) is 12.4 Å². The summed E-state index contributed by atoms with van der Waals surface area (Å²) in [6.45, 7) is 10.0. The highest BCUT2D eigenvalue weighted by Gasteiger charge is 2.47. The van der Waals surface area contributed by atoms with Gasteiger partial charge >= 0.3 is 0 Å². The van der Waals surface area contributed by atoms with Crippen molar-refractivity contribution in [2.75, 3.05) is 26.7 Å². The zero-order chi connectivity index (χ0) is 20.1. The van der Waals surface area contributed by atoms with Crippen LogP contribution in [0.1, 0.15) is 53.4 Å². The van der Waals surface area contributed by atoms with Crippen molar-refractivity contribution in [1.82, 2.24) is 10.2 Å². The molecular formula is C21H33F2N3O. The van der Waals surface area contributed by atoms with E-state index in [1.165, 1.54) is 6.08 Å². The summed E-state index contributed by atoms with van der Waals surface area (Å²) >= 11 is 0. The lowest BCUT2D eigenvalue weighted by Gasteiger charge is -2.33. The standard InChI is InChI=1S/C19H27F2N3O.C2H6/c1-18(2)7-4-6-15(21)16(18)23-17(22-3)25-13-19-8-5-9-24(19)12-14(10-19)11-20;1-2/h4,6,11H,5,7-10,12-13H2,1-3H3,(H,22,23);1-2H3/b14-11+;. The number of nitrogens with one attached hydrogen (secondary N) is 1. The molecule has 0 aromatic heterocycles. The third-order valence-corrected chi connectivity index (χ3v) is 5.57. The van der Waals surface area contributed by atoms with E-state index in [1.807, 2.05) is 33.8 Å². The quantitative estimate of drug-likeness (QED) is 0.560. The molecule has 3 aliphatic rings. The summed E-state index contributed by atoms with van der Waals surface area (Å²) in [6.07, 6.45) is 7.55. The molecule has 1 aliphatic carbocycles. The van der Waals surface area contributed by atoms with Gasteiger partial charge in [0.05, 0.1) is 17.6 Å². The maximum atomic E-state index is 14.3. The van der Waals surface area contributed by atoms with Gasteiger partial charge in [-0.1, -0.05) is 33.8 Å². The number of fused-ring (bicyclic) bond motifs is 1. The molecule has 1 atom stereocenters. The van der Waals surface area contributed by atoms with Crippen molar-refractivity contribution in [1.29, 1.82) is 0 Å². The Bertz CT molecular complexity index is 652. The molecule has 0 amide bonds. The van der Waals surface area contributed by atoms with E-state index in [-0.39, 0.29) is 16.8 Å². The number of allylic oxidation sites excluding steroid dienone is 4. The normalized spacial score (nSPS) is 28.9. The van der Waals surface area contributed by atoms with Crippen LogP contribution in [0.25, 0.3) is 0 Å². The molecule has 1 N–H and O–H groups in total. The Morgan fingerprint density at radius 2 is 2.15 bits per heavy atom. The van der Waals surface area contributed by atoms with Crippen LogP contribution in [-0.4, -0.2) is 43.2 Å². The number of rotatable bonds is 3. The second kappa shape index (κ2) is 9.00. The Morgan fingerprint density at radius 3 is 2.78 bits per heavy atom. The van der Waals surface area contributed by atoms with Crippen LogP contribution in [0.4, 0.5) is 8.78 Å². The molecule has 0 radical (unpaired) electrons. The summed E-state index contributed by atoms with van der Waals surface area (Å²) in [4.78, 5) is 6.43. The summed E-state index contributed by atoms with van der Waals surface area (Å²) in [5, 5.41) is 3.05. The predicted octanol–water partition coefficient (Wildman–Crippen LogP) is 4.86. The van der Waals surface area contributed by atoms with E-state index >= 15 is 0 Å². The highest BCUT2D eigenvalue weighted by Crippen LogP contribution is 2.41. The van der Waals surface area contributed by atoms with Crippen LogP contribution in [0.15, 0.2) is 40.6 Å². The first-order valence-electron chi connectivity index (χ1n) is 9.87. The average Bonchev–Trinajstić information content (AvgIpc) is 3.19. The van der Waals surface area contributed by atoms with Gasteiger partial charge in [0, 0.05) is 19.0 Å². The van der Waals surface area contributed by atoms with E-state index < -0.39 is 0 Å². The van der Waals surface area contributed by atoms with Gasteiger partial charge in [-0.3, -0.25) is 4.90 Å². The molecular weight excluding hydrogens is 348 g/mol. The second-order valence-corrected chi connectivity index (χ2v) is 7.85. The molecule has 6 heteroatoms. The van der Waals surface area contributed by atoms with Crippen LogP contribution >= 0.6 is 0 Å². The summed E-state index contributed by atoms with van der Waals surface area (Å²) < 4.78 is 33.2. The molecule has 3 rings (SSSR count). The zero-order valence-electron chi connectivity index (χ0n) is 17.2. The summed E-state index contributed by atoms with van der Waals surface area (Å²) in [6, 6.07) is 0.312. The summed E-state index contributed by atoms with van der Waals surface area (Å²) in [5.41, 5.74) is 0.809. The molecule has 0 aromatic rings. The van der Waals surface area contributed by atoms with E-state index in [0.29, 0.717) is 31.3 Å². The SMILES string of the molecule is CC.CN=C(NC1=C(F)C=CCC1(C)C)OCC12CCCN1C/C(=C/F)C2. The fourth-order valence-electron chi connectivity index (χ4n) is 4.11. The molecule has 4 nitrogen and oxygen atoms in total. The number of amidine groups is 1.